The standard InChI is InChI=1S/C22H22N2O4S/c1-15(20-7-4-12-29-20)23-22(26)16-8-10-18(11-9-16)28-14-21(25)24-17-5-3-6-19(13-17)27-2/h3-13,15H,14H2,1-2H3,(H,23,26)(H,24,25). The molecule has 29 heavy (non-hydrogen) atoms. The van der Waals surface area contributed by atoms with Gasteiger partial charge in [0, 0.05) is 22.2 Å². The molecule has 1 unspecified atom stereocenters. The average Bonchev–Trinajstić information content (AvgIpc) is 3.28. The van der Waals surface area contributed by atoms with Gasteiger partial charge in [0.05, 0.1) is 13.2 Å². The third-order valence-corrected chi connectivity index (χ3v) is 5.21. The van der Waals surface area contributed by atoms with E-state index in [0.717, 1.165) is 4.88 Å². The fourth-order valence-electron chi connectivity index (χ4n) is 2.64. The second kappa shape index (κ2) is 9.75. The molecule has 0 bridgehead atoms. The van der Waals surface area contributed by atoms with Crippen molar-refractivity contribution in [2.75, 3.05) is 19.0 Å². The summed E-state index contributed by atoms with van der Waals surface area (Å²) in [7, 11) is 1.57. The summed E-state index contributed by atoms with van der Waals surface area (Å²) in [5.74, 6) is 0.720. The first-order valence-electron chi connectivity index (χ1n) is 9.06. The average molecular weight is 410 g/mol. The Kier molecular flexibility index (Phi) is 6.86. The van der Waals surface area contributed by atoms with Crippen LogP contribution in [0.2, 0.25) is 0 Å². The van der Waals surface area contributed by atoms with Gasteiger partial charge in [-0.2, -0.15) is 0 Å². The molecule has 3 rings (SSSR count). The van der Waals surface area contributed by atoms with Crippen LogP contribution in [-0.4, -0.2) is 25.5 Å². The van der Waals surface area contributed by atoms with Crippen molar-refractivity contribution in [1.29, 1.82) is 0 Å². The normalized spacial score (nSPS) is 11.4. The molecule has 0 saturated heterocycles. The molecule has 0 saturated carbocycles. The molecule has 0 aliphatic heterocycles. The van der Waals surface area contributed by atoms with Gasteiger partial charge in [-0.25, -0.2) is 0 Å². The highest BCUT2D eigenvalue weighted by Crippen LogP contribution is 2.20. The fraction of sp³-hybridized carbons (Fsp3) is 0.182. The van der Waals surface area contributed by atoms with E-state index in [-0.39, 0.29) is 24.5 Å². The maximum atomic E-state index is 12.4. The number of carbonyl (C=O) groups is 2. The van der Waals surface area contributed by atoms with E-state index in [2.05, 4.69) is 10.6 Å². The van der Waals surface area contributed by atoms with Crippen molar-refractivity contribution in [3.05, 3.63) is 76.5 Å². The lowest BCUT2D eigenvalue weighted by molar-refractivity contribution is -0.118. The number of thiophene rings is 1. The van der Waals surface area contributed by atoms with Crippen LogP contribution in [0.25, 0.3) is 0 Å². The topological polar surface area (TPSA) is 76.7 Å². The Morgan fingerprint density at radius 3 is 2.52 bits per heavy atom. The minimum atomic E-state index is -0.287. The van der Waals surface area contributed by atoms with Gasteiger partial charge in [0.2, 0.25) is 0 Å². The minimum absolute atomic E-state index is 0.0567. The van der Waals surface area contributed by atoms with Gasteiger partial charge in [-0.15, -0.1) is 11.3 Å². The van der Waals surface area contributed by atoms with Crippen LogP contribution >= 0.6 is 11.3 Å². The van der Waals surface area contributed by atoms with E-state index in [0.29, 0.717) is 22.7 Å². The van der Waals surface area contributed by atoms with Crippen LogP contribution in [0, 0.1) is 0 Å². The summed E-state index contributed by atoms with van der Waals surface area (Å²) in [4.78, 5) is 25.5. The van der Waals surface area contributed by atoms with Gasteiger partial charge in [-0.1, -0.05) is 12.1 Å². The first kappa shape index (κ1) is 20.4. The zero-order valence-electron chi connectivity index (χ0n) is 16.2. The Morgan fingerprint density at radius 2 is 1.83 bits per heavy atom. The molecule has 1 atom stereocenters. The molecule has 0 fully saturated rings. The highest BCUT2D eigenvalue weighted by Gasteiger charge is 2.12. The van der Waals surface area contributed by atoms with Crippen LogP contribution in [0.3, 0.4) is 0 Å². The van der Waals surface area contributed by atoms with Crippen molar-refractivity contribution in [2.45, 2.75) is 13.0 Å². The predicted octanol–water partition coefficient (Wildman–Crippen LogP) is 4.27. The number of hydrogen-bond donors (Lipinski definition) is 2. The van der Waals surface area contributed by atoms with Crippen molar-refractivity contribution in [2.24, 2.45) is 0 Å². The molecule has 150 valence electrons. The van der Waals surface area contributed by atoms with Crippen molar-refractivity contribution in [3.8, 4) is 11.5 Å². The Hall–Kier alpha value is -3.32. The highest BCUT2D eigenvalue weighted by atomic mass is 32.1. The largest absolute Gasteiger partial charge is 0.497 e. The summed E-state index contributed by atoms with van der Waals surface area (Å²) in [6.45, 7) is 1.81. The summed E-state index contributed by atoms with van der Waals surface area (Å²) in [5.41, 5.74) is 1.16. The molecule has 6 nitrogen and oxygen atoms in total. The molecular weight excluding hydrogens is 388 g/mol. The molecule has 0 aliphatic rings. The zero-order valence-corrected chi connectivity index (χ0v) is 17.0. The summed E-state index contributed by atoms with van der Waals surface area (Å²) in [6.07, 6.45) is 0. The van der Waals surface area contributed by atoms with Gasteiger partial charge in [-0.3, -0.25) is 9.59 Å². The minimum Gasteiger partial charge on any atom is -0.497 e. The van der Waals surface area contributed by atoms with Crippen molar-refractivity contribution in [3.63, 3.8) is 0 Å². The van der Waals surface area contributed by atoms with Crippen LogP contribution in [0.4, 0.5) is 5.69 Å². The Balaban J connectivity index is 1.49. The number of carbonyl (C=O) groups excluding carboxylic acids is 2. The quantitative estimate of drug-likeness (QED) is 0.582. The third kappa shape index (κ3) is 5.83. The van der Waals surface area contributed by atoms with Gasteiger partial charge in [-0.05, 0) is 54.8 Å². The first-order valence-corrected chi connectivity index (χ1v) is 9.94. The molecule has 3 aromatic rings. The smallest absolute Gasteiger partial charge is 0.262 e. The zero-order chi connectivity index (χ0) is 20.6. The maximum Gasteiger partial charge on any atom is 0.262 e. The summed E-state index contributed by atoms with van der Waals surface area (Å²) in [6, 6.07) is 17.7. The third-order valence-electron chi connectivity index (χ3n) is 4.16. The number of hydrogen-bond acceptors (Lipinski definition) is 5. The lowest BCUT2D eigenvalue weighted by atomic mass is 10.2. The SMILES string of the molecule is COc1cccc(NC(=O)COc2ccc(C(=O)NC(C)c3cccs3)cc2)c1. The van der Waals surface area contributed by atoms with E-state index in [9.17, 15) is 9.59 Å². The Morgan fingerprint density at radius 1 is 1.03 bits per heavy atom. The van der Waals surface area contributed by atoms with Gasteiger partial charge in [0.25, 0.3) is 11.8 Å². The van der Waals surface area contributed by atoms with Crippen LogP contribution in [-0.2, 0) is 4.79 Å². The molecule has 0 spiro atoms. The van der Waals surface area contributed by atoms with E-state index in [1.807, 2.05) is 24.4 Å². The molecule has 1 heterocycles. The lowest BCUT2D eigenvalue weighted by Crippen LogP contribution is -2.26. The maximum absolute atomic E-state index is 12.4. The van der Waals surface area contributed by atoms with Crippen LogP contribution in [0.5, 0.6) is 11.5 Å². The molecule has 7 heteroatoms. The second-order valence-corrected chi connectivity index (χ2v) is 7.28. The number of methoxy groups -OCH3 is 1. The molecule has 1 aromatic heterocycles. The van der Waals surface area contributed by atoms with E-state index < -0.39 is 0 Å². The Labute approximate surface area is 173 Å². The summed E-state index contributed by atoms with van der Waals surface area (Å²) in [5, 5.41) is 7.69. The second-order valence-electron chi connectivity index (χ2n) is 6.30. The summed E-state index contributed by atoms with van der Waals surface area (Å²) < 4.78 is 10.6. The number of benzene rings is 2. The molecular formula is C22H22N2O4S. The van der Waals surface area contributed by atoms with E-state index in [1.165, 1.54) is 0 Å². The van der Waals surface area contributed by atoms with Crippen LogP contribution in [0.1, 0.15) is 28.2 Å². The predicted molar refractivity (Wildman–Crippen MR) is 114 cm³/mol. The Bertz CT molecular complexity index is 955. The number of nitrogens with one attached hydrogen (secondary N) is 2. The number of rotatable bonds is 8. The molecule has 0 radical (unpaired) electrons. The number of anilines is 1. The van der Waals surface area contributed by atoms with Crippen molar-refractivity contribution < 1.29 is 19.1 Å². The highest BCUT2D eigenvalue weighted by molar-refractivity contribution is 7.10. The molecule has 0 aliphatic carbocycles. The monoisotopic (exact) mass is 410 g/mol. The van der Waals surface area contributed by atoms with Gasteiger partial charge in [0.1, 0.15) is 11.5 Å². The number of amides is 2. The van der Waals surface area contributed by atoms with Crippen molar-refractivity contribution >= 4 is 28.8 Å². The van der Waals surface area contributed by atoms with E-state index >= 15 is 0 Å². The molecule has 2 amide bonds. The number of ether oxygens (including phenoxy) is 2. The lowest BCUT2D eigenvalue weighted by Gasteiger charge is -2.12. The molecule has 2 aromatic carbocycles. The van der Waals surface area contributed by atoms with E-state index in [4.69, 9.17) is 9.47 Å². The van der Waals surface area contributed by atoms with Crippen LogP contribution < -0.4 is 20.1 Å². The van der Waals surface area contributed by atoms with Crippen molar-refractivity contribution in [1.82, 2.24) is 5.32 Å². The van der Waals surface area contributed by atoms with E-state index in [1.54, 1.807) is 67.0 Å². The first-order chi connectivity index (χ1) is 14.0. The molecule has 2 N–H and O–H groups in total. The fourth-order valence-corrected chi connectivity index (χ4v) is 3.37. The summed E-state index contributed by atoms with van der Waals surface area (Å²) >= 11 is 1.60. The van der Waals surface area contributed by atoms with Gasteiger partial charge < -0.3 is 20.1 Å². The van der Waals surface area contributed by atoms with Gasteiger partial charge in [0.15, 0.2) is 6.61 Å². The van der Waals surface area contributed by atoms with Crippen LogP contribution in [0.15, 0.2) is 66.0 Å². The van der Waals surface area contributed by atoms with Gasteiger partial charge >= 0.3 is 0 Å².